The third-order valence-electron chi connectivity index (χ3n) is 6.64. The van der Waals surface area contributed by atoms with E-state index in [0.29, 0.717) is 12.4 Å². The summed E-state index contributed by atoms with van der Waals surface area (Å²) in [7, 11) is 1.44. The number of benzene rings is 1. The van der Waals surface area contributed by atoms with E-state index in [-0.39, 0.29) is 47.5 Å². The van der Waals surface area contributed by atoms with E-state index < -0.39 is 0 Å². The number of aliphatic imine (C=N–C) groups is 1. The fourth-order valence-corrected chi connectivity index (χ4v) is 5.77. The van der Waals surface area contributed by atoms with E-state index in [2.05, 4.69) is 50.6 Å². The summed E-state index contributed by atoms with van der Waals surface area (Å²) in [4.78, 5) is 34.0. The van der Waals surface area contributed by atoms with Crippen LogP contribution in [0.5, 0.6) is 0 Å². The number of carbonyl (C=O) groups excluding carboxylic acids is 2. The lowest BCUT2D eigenvalue weighted by molar-refractivity contribution is -0.150. The van der Waals surface area contributed by atoms with Crippen molar-refractivity contribution < 1.29 is 14.3 Å². The van der Waals surface area contributed by atoms with E-state index in [9.17, 15) is 9.59 Å². The minimum atomic E-state index is -0.293. The molecule has 1 aromatic carbocycles. The van der Waals surface area contributed by atoms with Crippen LogP contribution in [0.4, 0.5) is 5.69 Å². The number of fused-ring (bicyclic) bond motifs is 3. The number of hydrogen-bond donors (Lipinski definition) is 1. The van der Waals surface area contributed by atoms with Gasteiger partial charge in [-0.2, -0.15) is 0 Å². The quantitative estimate of drug-likeness (QED) is 0.319. The van der Waals surface area contributed by atoms with Crippen molar-refractivity contribution >= 4 is 35.3 Å². The van der Waals surface area contributed by atoms with Crippen LogP contribution in [-0.2, 0) is 14.3 Å². The van der Waals surface area contributed by atoms with E-state index in [0.717, 1.165) is 23.4 Å². The predicted molar refractivity (Wildman–Crippen MR) is 139 cm³/mol. The normalized spacial score (nSPS) is 24.4. The van der Waals surface area contributed by atoms with Gasteiger partial charge >= 0.3 is 5.97 Å². The molecule has 186 valence electrons. The summed E-state index contributed by atoms with van der Waals surface area (Å²) >= 11 is 1.50. The van der Waals surface area contributed by atoms with Crippen molar-refractivity contribution in [2.75, 3.05) is 13.7 Å². The highest BCUT2D eigenvalue weighted by Gasteiger charge is 2.52. The predicted octanol–water partition coefficient (Wildman–Crippen LogP) is 5.68. The molecule has 1 aliphatic heterocycles. The number of carbonyl (C=O) groups is 2. The van der Waals surface area contributed by atoms with Crippen LogP contribution in [0.25, 0.3) is 0 Å². The highest BCUT2D eigenvalue weighted by atomic mass is 32.2. The maximum Gasteiger partial charge on any atom is 0.311 e. The number of methoxy groups -OCH3 is 1. The van der Waals surface area contributed by atoms with Gasteiger partial charge in [-0.15, -0.1) is 0 Å². The van der Waals surface area contributed by atoms with Crippen LogP contribution in [-0.4, -0.2) is 42.3 Å². The van der Waals surface area contributed by atoms with Gasteiger partial charge in [0.15, 0.2) is 0 Å². The maximum atomic E-state index is 13.6. The average molecular weight is 486 g/mol. The molecule has 7 heteroatoms. The Morgan fingerprint density at radius 3 is 2.59 bits per heavy atom. The first kappa shape index (κ1) is 26.3. The molecule has 1 fully saturated rings. The smallest absolute Gasteiger partial charge is 0.311 e. The van der Waals surface area contributed by atoms with Gasteiger partial charge in [-0.25, -0.2) is 4.99 Å². The summed E-state index contributed by atoms with van der Waals surface area (Å²) in [6.07, 6.45) is 6.26. The number of hydrogen-bond acceptors (Lipinski definition) is 6. The van der Waals surface area contributed by atoms with Crippen molar-refractivity contribution in [2.45, 2.75) is 71.7 Å². The van der Waals surface area contributed by atoms with Crippen LogP contribution < -0.4 is 4.72 Å². The lowest BCUT2D eigenvalue weighted by Crippen LogP contribution is -2.51. The Labute approximate surface area is 208 Å². The van der Waals surface area contributed by atoms with Crippen molar-refractivity contribution in [2.24, 2.45) is 28.2 Å². The van der Waals surface area contributed by atoms with E-state index in [4.69, 9.17) is 9.73 Å². The van der Waals surface area contributed by atoms with Gasteiger partial charge < -0.3 is 14.4 Å². The summed E-state index contributed by atoms with van der Waals surface area (Å²) in [5.41, 5.74) is 2.15. The Morgan fingerprint density at radius 2 is 1.91 bits per heavy atom. The highest BCUT2D eigenvalue weighted by Crippen LogP contribution is 2.47. The van der Waals surface area contributed by atoms with Gasteiger partial charge in [0.2, 0.25) is 5.91 Å². The number of allylic oxidation sites excluding steroid dienone is 1. The van der Waals surface area contributed by atoms with E-state index in [1.54, 1.807) is 0 Å². The standard InChI is InChI=1S/C25H33N3O3S.C2H6/c1-15-6-9-18-19(12-15)32-27-20(26-18)14-21(29)28(11-10-25(2,3)4)23-17-8-7-16(13-17)22(23)24(30)31-5;1-2/h6-9,12,16-17,22-23H,10-11,13-14H2,1-5H3,(H,26,27);1-2H3. The molecule has 3 aliphatic rings. The molecular weight excluding hydrogens is 446 g/mol. The summed E-state index contributed by atoms with van der Waals surface area (Å²) in [6.45, 7) is 13.2. The second kappa shape index (κ2) is 11.0. The number of ether oxygens (including phenoxy) is 1. The maximum absolute atomic E-state index is 13.6. The third kappa shape index (κ3) is 5.85. The average Bonchev–Trinajstić information content (AvgIpc) is 3.41. The first-order valence-corrected chi connectivity index (χ1v) is 13.1. The number of amides is 1. The van der Waals surface area contributed by atoms with Crippen LogP contribution in [0.1, 0.15) is 59.4 Å². The topological polar surface area (TPSA) is 71.0 Å². The largest absolute Gasteiger partial charge is 0.469 e. The molecule has 4 rings (SSSR count). The summed E-state index contributed by atoms with van der Waals surface area (Å²) in [5.74, 6) is 0.513. The zero-order chi connectivity index (χ0) is 25.0. The summed E-state index contributed by atoms with van der Waals surface area (Å²) < 4.78 is 8.38. The Hall–Kier alpha value is -2.28. The van der Waals surface area contributed by atoms with E-state index >= 15 is 0 Å². The van der Waals surface area contributed by atoms with Gasteiger partial charge in [0, 0.05) is 6.54 Å². The summed E-state index contributed by atoms with van der Waals surface area (Å²) in [6, 6.07) is 5.96. The molecule has 2 aliphatic carbocycles. The van der Waals surface area contributed by atoms with Crippen molar-refractivity contribution in [3.05, 3.63) is 35.9 Å². The van der Waals surface area contributed by atoms with Gasteiger partial charge in [-0.05, 0) is 66.7 Å². The van der Waals surface area contributed by atoms with Crippen molar-refractivity contribution in [3.8, 4) is 0 Å². The Morgan fingerprint density at radius 1 is 1.21 bits per heavy atom. The SMILES string of the molecule is CC.COC(=O)C1C2C=CC(C2)C1N(CCC(C)(C)C)C(=O)CC1=Nc2ccc(C)cc2SN1. The van der Waals surface area contributed by atoms with Crippen molar-refractivity contribution in [1.29, 1.82) is 0 Å². The second-order valence-corrected chi connectivity index (χ2v) is 11.1. The lowest BCUT2D eigenvalue weighted by atomic mass is 9.86. The molecule has 1 saturated carbocycles. The fourth-order valence-electron chi connectivity index (χ4n) is 4.97. The molecule has 1 N–H and O–H groups in total. The first-order chi connectivity index (χ1) is 16.2. The Kier molecular flexibility index (Phi) is 8.50. The first-order valence-electron chi connectivity index (χ1n) is 12.3. The molecule has 1 heterocycles. The fraction of sp³-hybridized carbons (Fsp3) is 0.593. The van der Waals surface area contributed by atoms with Crippen LogP contribution in [0.2, 0.25) is 0 Å². The number of nitrogens with zero attached hydrogens (tertiary/aromatic N) is 2. The van der Waals surface area contributed by atoms with Crippen LogP contribution in [0.15, 0.2) is 40.2 Å². The van der Waals surface area contributed by atoms with Crippen LogP contribution in [0, 0.1) is 30.1 Å². The van der Waals surface area contributed by atoms with Crippen LogP contribution in [0.3, 0.4) is 0 Å². The number of aryl methyl sites for hydroxylation is 1. The number of nitrogens with one attached hydrogen (secondary N) is 1. The van der Waals surface area contributed by atoms with E-state index in [1.807, 2.05) is 30.9 Å². The molecular formula is C27H39N3O3S. The molecule has 0 saturated heterocycles. The second-order valence-electron chi connectivity index (χ2n) is 10.3. The number of esters is 1. The lowest BCUT2D eigenvalue weighted by Gasteiger charge is -2.38. The summed E-state index contributed by atoms with van der Waals surface area (Å²) in [5, 5.41) is 0. The van der Waals surface area contributed by atoms with Gasteiger partial charge in [0.25, 0.3) is 0 Å². The monoisotopic (exact) mass is 485 g/mol. The highest BCUT2D eigenvalue weighted by molar-refractivity contribution is 7.98. The molecule has 1 aromatic rings. The van der Waals surface area contributed by atoms with E-state index in [1.165, 1.54) is 24.6 Å². The number of rotatable bonds is 6. The zero-order valence-electron chi connectivity index (χ0n) is 21.6. The molecule has 2 bridgehead atoms. The van der Waals surface area contributed by atoms with Crippen molar-refractivity contribution in [1.82, 2.24) is 9.62 Å². The Balaban J connectivity index is 0.00000158. The molecule has 4 atom stereocenters. The van der Waals surface area contributed by atoms with Gasteiger partial charge in [-0.3, -0.25) is 9.59 Å². The zero-order valence-corrected chi connectivity index (χ0v) is 22.4. The molecule has 0 aromatic heterocycles. The van der Waals surface area contributed by atoms with Gasteiger partial charge in [0.1, 0.15) is 5.84 Å². The van der Waals surface area contributed by atoms with Crippen LogP contribution >= 0.6 is 11.9 Å². The number of amidine groups is 1. The molecule has 6 nitrogen and oxygen atoms in total. The minimum absolute atomic E-state index is 0.0107. The molecule has 0 spiro atoms. The van der Waals surface area contributed by atoms with Crippen molar-refractivity contribution in [3.63, 3.8) is 0 Å². The molecule has 0 radical (unpaired) electrons. The molecule has 34 heavy (non-hydrogen) atoms. The van der Waals surface area contributed by atoms with Gasteiger partial charge in [0.05, 0.1) is 36.1 Å². The molecule has 1 amide bonds. The Bertz CT molecular complexity index is 966. The third-order valence-corrected chi connectivity index (χ3v) is 7.53. The minimum Gasteiger partial charge on any atom is -0.469 e. The van der Waals surface area contributed by atoms with Gasteiger partial charge in [-0.1, -0.05) is 52.8 Å². The molecule has 4 unspecified atom stereocenters.